The molecule has 0 aliphatic carbocycles. The zero-order valence-electron chi connectivity index (χ0n) is 13.5. The van der Waals surface area contributed by atoms with Crippen LogP contribution in [0.2, 0.25) is 0 Å². The number of phenolic OH excluding ortho intramolecular Hbond substituents is 1. The predicted molar refractivity (Wildman–Crippen MR) is 99.3 cm³/mol. The van der Waals surface area contributed by atoms with E-state index in [1.165, 1.54) is 12.1 Å². The molecule has 0 saturated carbocycles. The van der Waals surface area contributed by atoms with Gasteiger partial charge >= 0.3 is 6.03 Å². The largest absolute Gasteiger partial charge is 0.506 e. The number of nitrogens with zero attached hydrogens (tertiary/aromatic N) is 1. The summed E-state index contributed by atoms with van der Waals surface area (Å²) in [6, 6.07) is 19.8. The molecule has 0 unspecified atom stereocenters. The number of carbonyl (C=O) groups is 1. The lowest BCUT2D eigenvalue weighted by atomic mass is 10.0. The Balaban J connectivity index is 1.78. The molecule has 0 atom stereocenters. The fraction of sp³-hybridized carbons (Fsp3) is 0. The first-order valence-corrected chi connectivity index (χ1v) is 7.74. The summed E-state index contributed by atoms with van der Waals surface area (Å²) in [5.74, 6) is -0.384. The highest BCUT2D eigenvalue weighted by Crippen LogP contribution is 2.30. The quantitative estimate of drug-likeness (QED) is 0.363. The van der Waals surface area contributed by atoms with Crippen molar-refractivity contribution < 1.29 is 14.8 Å². The predicted octanol–water partition coefficient (Wildman–Crippen LogP) is 4.61. The summed E-state index contributed by atoms with van der Waals surface area (Å²) < 4.78 is 0. The van der Waals surface area contributed by atoms with Gasteiger partial charge < -0.3 is 15.7 Å². The van der Waals surface area contributed by atoms with Gasteiger partial charge in [-0.2, -0.15) is 0 Å². The Morgan fingerprint density at radius 3 is 2.23 bits per heavy atom. The number of carbonyl (C=O) groups excluding carboxylic acids is 1. The Bertz CT molecular complexity index is 958. The van der Waals surface area contributed by atoms with Gasteiger partial charge in [0.15, 0.2) is 0 Å². The summed E-state index contributed by atoms with van der Waals surface area (Å²) in [6.45, 7) is 0. The van der Waals surface area contributed by atoms with E-state index >= 15 is 0 Å². The van der Waals surface area contributed by atoms with Crippen molar-refractivity contribution in [3.8, 4) is 16.9 Å². The highest BCUT2D eigenvalue weighted by molar-refractivity contribution is 6.03. The zero-order chi connectivity index (χ0) is 18.5. The van der Waals surface area contributed by atoms with Crippen LogP contribution in [0.5, 0.6) is 5.75 Å². The number of urea groups is 1. The second-order valence-corrected chi connectivity index (χ2v) is 5.45. The van der Waals surface area contributed by atoms with Crippen molar-refractivity contribution in [2.45, 2.75) is 0 Å². The van der Waals surface area contributed by atoms with E-state index in [4.69, 9.17) is 0 Å². The Hall–Kier alpha value is -3.87. The number of phenols is 1. The van der Waals surface area contributed by atoms with Crippen LogP contribution >= 0.6 is 0 Å². The van der Waals surface area contributed by atoms with Gasteiger partial charge in [0, 0.05) is 11.6 Å². The van der Waals surface area contributed by atoms with Crippen LogP contribution in [0.25, 0.3) is 11.1 Å². The summed E-state index contributed by atoms with van der Waals surface area (Å²) in [5.41, 5.74) is 2.20. The number of nitro benzene ring substituents is 1. The molecule has 2 amide bonds. The van der Waals surface area contributed by atoms with Crippen molar-refractivity contribution >= 4 is 23.1 Å². The molecule has 0 spiro atoms. The average molecular weight is 349 g/mol. The number of amides is 2. The topological polar surface area (TPSA) is 104 Å². The second-order valence-electron chi connectivity index (χ2n) is 5.45. The number of benzene rings is 3. The van der Waals surface area contributed by atoms with Crippen molar-refractivity contribution in [1.29, 1.82) is 0 Å². The number of hydrogen-bond donors (Lipinski definition) is 3. The molecule has 7 nitrogen and oxygen atoms in total. The molecule has 0 aliphatic rings. The third-order valence-electron chi connectivity index (χ3n) is 3.70. The molecule has 3 aromatic rings. The first-order chi connectivity index (χ1) is 12.5. The SMILES string of the molecule is O=C(Nc1ccc([N+](=O)[O-])cc1O)Nc1ccccc1-c1ccccc1. The summed E-state index contributed by atoms with van der Waals surface area (Å²) in [7, 11) is 0. The maximum atomic E-state index is 12.3. The number of nitrogens with one attached hydrogen (secondary N) is 2. The maximum Gasteiger partial charge on any atom is 0.323 e. The van der Waals surface area contributed by atoms with Crippen molar-refractivity contribution in [2.24, 2.45) is 0 Å². The van der Waals surface area contributed by atoms with Crippen molar-refractivity contribution in [3.63, 3.8) is 0 Å². The molecule has 0 heterocycles. The van der Waals surface area contributed by atoms with Gasteiger partial charge in [0.05, 0.1) is 22.4 Å². The van der Waals surface area contributed by atoms with Gasteiger partial charge in [0.25, 0.3) is 5.69 Å². The molecule has 0 fully saturated rings. The first-order valence-electron chi connectivity index (χ1n) is 7.74. The number of aromatic hydroxyl groups is 1. The van der Waals surface area contributed by atoms with E-state index in [1.807, 2.05) is 42.5 Å². The minimum Gasteiger partial charge on any atom is -0.506 e. The fourth-order valence-electron chi connectivity index (χ4n) is 2.48. The third-order valence-corrected chi connectivity index (χ3v) is 3.70. The Morgan fingerprint density at radius 2 is 1.54 bits per heavy atom. The monoisotopic (exact) mass is 349 g/mol. The van der Waals surface area contributed by atoms with Crippen LogP contribution in [0.15, 0.2) is 72.8 Å². The van der Waals surface area contributed by atoms with E-state index in [-0.39, 0.29) is 17.1 Å². The summed E-state index contributed by atoms with van der Waals surface area (Å²) in [4.78, 5) is 22.3. The summed E-state index contributed by atoms with van der Waals surface area (Å²) in [5, 5.41) is 25.7. The number of non-ortho nitro benzene ring substituents is 1. The fourth-order valence-corrected chi connectivity index (χ4v) is 2.48. The molecule has 0 radical (unpaired) electrons. The van der Waals surface area contributed by atoms with Gasteiger partial charge in [-0.1, -0.05) is 48.5 Å². The second kappa shape index (κ2) is 7.35. The minimum atomic E-state index is -0.625. The van der Waals surface area contributed by atoms with Crippen LogP contribution < -0.4 is 10.6 Å². The molecule has 0 saturated heterocycles. The molecule has 26 heavy (non-hydrogen) atoms. The van der Waals surface area contributed by atoms with Crippen LogP contribution in [0.3, 0.4) is 0 Å². The van der Waals surface area contributed by atoms with E-state index in [2.05, 4.69) is 10.6 Å². The van der Waals surface area contributed by atoms with Gasteiger partial charge in [0.2, 0.25) is 0 Å². The summed E-state index contributed by atoms with van der Waals surface area (Å²) in [6.07, 6.45) is 0. The van der Waals surface area contributed by atoms with E-state index in [9.17, 15) is 20.0 Å². The minimum absolute atomic E-state index is 0.0743. The lowest BCUT2D eigenvalue weighted by Crippen LogP contribution is -2.19. The Kier molecular flexibility index (Phi) is 4.80. The zero-order valence-corrected chi connectivity index (χ0v) is 13.5. The molecule has 0 aliphatic heterocycles. The van der Waals surface area contributed by atoms with Crippen LogP contribution in [0.1, 0.15) is 0 Å². The molecule has 3 rings (SSSR count). The average Bonchev–Trinajstić information content (AvgIpc) is 2.64. The lowest BCUT2D eigenvalue weighted by Gasteiger charge is -2.12. The van der Waals surface area contributed by atoms with Crippen LogP contribution in [-0.4, -0.2) is 16.1 Å². The van der Waals surface area contributed by atoms with Gasteiger partial charge in [-0.15, -0.1) is 0 Å². The van der Waals surface area contributed by atoms with E-state index in [0.29, 0.717) is 5.69 Å². The van der Waals surface area contributed by atoms with Gasteiger partial charge in [-0.05, 0) is 17.7 Å². The molecule has 3 aromatic carbocycles. The number of hydrogen-bond acceptors (Lipinski definition) is 4. The highest BCUT2D eigenvalue weighted by Gasteiger charge is 2.13. The Labute approximate surface area is 149 Å². The number of para-hydroxylation sites is 1. The van der Waals surface area contributed by atoms with Crippen molar-refractivity contribution in [1.82, 2.24) is 0 Å². The number of rotatable bonds is 4. The van der Waals surface area contributed by atoms with Gasteiger partial charge in [-0.25, -0.2) is 4.79 Å². The molecular formula is C19H15N3O4. The molecule has 0 aromatic heterocycles. The smallest absolute Gasteiger partial charge is 0.323 e. The van der Waals surface area contributed by atoms with E-state index in [0.717, 1.165) is 17.2 Å². The first kappa shape index (κ1) is 17.0. The van der Waals surface area contributed by atoms with Crippen LogP contribution in [0.4, 0.5) is 21.9 Å². The molecule has 130 valence electrons. The number of nitro groups is 1. The molecule has 0 bridgehead atoms. The van der Waals surface area contributed by atoms with Crippen molar-refractivity contribution in [2.75, 3.05) is 10.6 Å². The third kappa shape index (κ3) is 3.78. The van der Waals surface area contributed by atoms with Crippen molar-refractivity contribution in [3.05, 3.63) is 82.9 Å². The molecule has 3 N–H and O–H groups in total. The van der Waals surface area contributed by atoms with Gasteiger partial charge in [-0.3, -0.25) is 10.1 Å². The lowest BCUT2D eigenvalue weighted by molar-refractivity contribution is -0.384. The van der Waals surface area contributed by atoms with Crippen LogP contribution in [0, 0.1) is 10.1 Å². The number of anilines is 2. The van der Waals surface area contributed by atoms with Gasteiger partial charge in [0.1, 0.15) is 5.75 Å². The highest BCUT2D eigenvalue weighted by atomic mass is 16.6. The molecule has 7 heteroatoms. The standard InChI is InChI=1S/C19H15N3O4/c23-18-12-14(22(25)26)10-11-17(18)21-19(24)20-16-9-5-4-8-15(16)13-6-2-1-3-7-13/h1-12,23H,(H2,20,21,24). The van der Waals surface area contributed by atoms with E-state index in [1.54, 1.807) is 12.1 Å². The van der Waals surface area contributed by atoms with Crippen LogP contribution in [-0.2, 0) is 0 Å². The summed E-state index contributed by atoms with van der Waals surface area (Å²) >= 11 is 0. The Morgan fingerprint density at radius 1 is 0.885 bits per heavy atom. The maximum absolute atomic E-state index is 12.3. The van der Waals surface area contributed by atoms with E-state index < -0.39 is 11.0 Å². The normalized spacial score (nSPS) is 10.2. The molecular weight excluding hydrogens is 334 g/mol.